The van der Waals surface area contributed by atoms with Crippen LogP contribution in [-0.4, -0.2) is 22.4 Å². The third-order valence-corrected chi connectivity index (χ3v) is 2.47. The molecular weight excluding hydrogens is 244 g/mol. The fourth-order valence-electron chi connectivity index (χ4n) is 1.46. The Hall–Kier alpha value is -2.37. The molecule has 0 fully saturated rings. The van der Waals surface area contributed by atoms with Crippen molar-refractivity contribution in [3.8, 4) is 0 Å². The minimum atomic E-state index is -0.254. The van der Waals surface area contributed by atoms with Crippen LogP contribution in [0.25, 0.3) is 0 Å². The molecule has 2 aromatic heterocycles. The lowest BCUT2D eigenvalue weighted by molar-refractivity contribution is 0.0945. The zero-order valence-corrected chi connectivity index (χ0v) is 10.7. The lowest BCUT2D eigenvalue weighted by atomic mass is 10.3. The number of amides is 1. The summed E-state index contributed by atoms with van der Waals surface area (Å²) in [6.07, 6.45) is 7.18. The highest BCUT2D eigenvalue weighted by Crippen LogP contribution is 2.03. The molecule has 0 unspecified atom stereocenters. The second kappa shape index (κ2) is 6.53. The molecule has 6 nitrogen and oxygen atoms in total. The van der Waals surface area contributed by atoms with Gasteiger partial charge in [0.15, 0.2) is 0 Å². The molecule has 0 aliphatic carbocycles. The Bertz CT molecular complexity index is 508. The maximum absolute atomic E-state index is 11.8. The van der Waals surface area contributed by atoms with E-state index in [2.05, 4.69) is 27.5 Å². The van der Waals surface area contributed by atoms with Gasteiger partial charge in [0.05, 0.1) is 24.9 Å². The van der Waals surface area contributed by atoms with Crippen molar-refractivity contribution in [2.45, 2.75) is 19.9 Å². The Morgan fingerprint density at radius 1 is 1.37 bits per heavy atom. The zero-order valence-electron chi connectivity index (χ0n) is 10.7. The summed E-state index contributed by atoms with van der Waals surface area (Å²) in [5.74, 6) is 0.420. The van der Waals surface area contributed by atoms with Crippen molar-refractivity contribution in [2.75, 3.05) is 11.9 Å². The van der Waals surface area contributed by atoms with Gasteiger partial charge in [-0.05, 0) is 12.5 Å². The maximum Gasteiger partial charge on any atom is 0.271 e. The number of carbonyl (C=O) groups is 1. The molecule has 0 aliphatic rings. The molecule has 1 amide bonds. The van der Waals surface area contributed by atoms with E-state index in [1.54, 1.807) is 24.8 Å². The van der Waals surface area contributed by atoms with Gasteiger partial charge in [-0.3, -0.25) is 4.79 Å². The molecule has 2 aromatic rings. The van der Waals surface area contributed by atoms with Crippen LogP contribution in [0.2, 0.25) is 0 Å². The van der Waals surface area contributed by atoms with Crippen LogP contribution in [-0.2, 0) is 6.54 Å². The summed E-state index contributed by atoms with van der Waals surface area (Å²) in [5, 5.41) is 5.84. The first kappa shape index (κ1) is 13.1. The Balaban J connectivity index is 1.88. The topological polar surface area (TPSA) is 80.0 Å². The number of rotatable bonds is 6. The molecule has 0 spiro atoms. The second-order valence-electron chi connectivity index (χ2n) is 4.03. The van der Waals surface area contributed by atoms with E-state index in [1.807, 2.05) is 0 Å². The van der Waals surface area contributed by atoms with Crippen LogP contribution in [0.1, 0.15) is 29.4 Å². The zero-order chi connectivity index (χ0) is 13.5. The maximum atomic E-state index is 11.8. The minimum absolute atomic E-state index is 0.254. The van der Waals surface area contributed by atoms with Crippen LogP contribution < -0.4 is 10.6 Å². The van der Waals surface area contributed by atoms with Gasteiger partial charge in [-0.15, -0.1) is 0 Å². The molecular formula is C13H16N4O2. The summed E-state index contributed by atoms with van der Waals surface area (Å²) < 4.78 is 4.92. The summed E-state index contributed by atoms with van der Waals surface area (Å²) in [6.45, 7) is 3.31. The number of furan rings is 1. The lowest BCUT2D eigenvalue weighted by Gasteiger charge is -2.05. The summed E-state index contributed by atoms with van der Waals surface area (Å²) in [7, 11) is 0. The van der Waals surface area contributed by atoms with E-state index in [-0.39, 0.29) is 5.91 Å². The van der Waals surface area contributed by atoms with Gasteiger partial charge in [-0.1, -0.05) is 6.92 Å². The van der Waals surface area contributed by atoms with E-state index in [0.717, 1.165) is 18.5 Å². The molecule has 2 rings (SSSR count). The number of nitrogens with zero attached hydrogens (tertiary/aromatic N) is 2. The number of nitrogens with one attached hydrogen (secondary N) is 2. The third kappa shape index (κ3) is 3.80. The Morgan fingerprint density at radius 2 is 2.26 bits per heavy atom. The van der Waals surface area contributed by atoms with Gasteiger partial charge in [0, 0.05) is 18.7 Å². The number of hydrogen-bond acceptors (Lipinski definition) is 5. The van der Waals surface area contributed by atoms with Crippen LogP contribution >= 0.6 is 0 Å². The molecule has 100 valence electrons. The van der Waals surface area contributed by atoms with E-state index < -0.39 is 0 Å². The first-order chi connectivity index (χ1) is 9.29. The molecule has 0 radical (unpaired) electrons. The first-order valence-electron chi connectivity index (χ1n) is 6.14. The van der Waals surface area contributed by atoms with Crippen LogP contribution in [0.3, 0.4) is 0 Å². The van der Waals surface area contributed by atoms with Gasteiger partial charge in [0.1, 0.15) is 11.5 Å². The average Bonchev–Trinajstić information content (AvgIpc) is 2.96. The monoisotopic (exact) mass is 260 g/mol. The number of carbonyl (C=O) groups excluding carboxylic acids is 1. The predicted molar refractivity (Wildman–Crippen MR) is 70.7 cm³/mol. The molecule has 2 N–H and O–H groups in total. The highest BCUT2D eigenvalue weighted by atomic mass is 16.3. The number of aromatic nitrogens is 2. The number of hydrogen-bond donors (Lipinski definition) is 2. The average molecular weight is 260 g/mol. The molecule has 0 atom stereocenters. The van der Waals surface area contributed by atoms with Gasteiger partial charge in [0.2, 0.25) is 0 Å². The van der Waals surface area contributed by atoms with E-state index in [1.165, 1.54) is 6.20 Å². The lowest BCUT2D eigenvalue weighted by Crippen LogP contribution is -2.23. The SMILES string of the molecule is CCCNc1cnc(C(=O)NCc2ccoc2)cn1. The molecule has 0 aliphatic heterocycles. The largest absolute Gasteiger partial charge is 0.472 e. The van der Waals surface area contributed by atoms with E-state index in [9.17, 15) is 4.79 Å². The fourth-order valence-corrected chi connectivity index (χ4v) is 1.46. The molecule has 0 bridgehead atoms. The van der Waals surface area contributed by atoms with Crippen molar-refractivity contribution in [1.29, 1.82) is 0 Å². The van der Waals surface area contributed by atoms with Crippen LogP contribution in [0.4, 0.5) is 5.82 Å². The van der Waals surface area contributed by atoms with Crippen molar-refractivity contribution in [1.82, 2.24) is 15.3 Å². The fraction of sp³-hybridized carbons (Fsp3) is 0.308. The van der Waals surface area contributed by atoms with Crippen LogP contribution in [0, 0.1) is 0 Å². The third-order valence-electron chi connectivity index (χ3n) is 2.47. The van der Waals surface area contributed by atoms with Gasteiger partial charge in [-0.25, -0.2) is 9.97 Å². The van der Waals surface area contributed by atoms with Gasteiger partial charge < -0.3 is 15.1 Å². The predicted octanol–water partition coefficient (Wildman–Crippen LogP) is 1.82. The smallest absolute Gasteiger partial charge is 0.271 e. The normalized spacial score (nSPS) is 10.2. The van der Waals surface area contributed by atoms with Gasteiger partial charge in [0.25, 0.3) is 5.91 Å². The van der Waals surface area contributed by atoms with E-state index >= 15 is 0 Å². The van der Waals surface area contributed by atoms with Gasteiger partial charge >= 0.3 is 0 Å². The summed E-state index contributed by atoms with van der Waals surface area (Å²) >= 11 is 0. The number of anilines is 1. The minimum Gasteiger partial charge on any atom is -0.472 e. The van der Waals surface area contributed by atoms with Crippen molar-refractivity contribution < 1.29 is 9.21 Å². The molecule has 6 heteroatoms. The molecule has 0 aromatic carbocycles. The van der Waals surface area contributed by atoms with Gasteiger partial charge in [-0.2, -0.15) is 0 Å². The summed E-state index contributed by atoms with van der Waals surface area (Å²) in [4.78, 5) is 20.0. The Kier molecular flexibility index (Phi) is 4.49. The molecule has 0 saturated heterocycles. The highest BCUT2D eigenvalue weighted by Gasteiger charge is 2.07. The molecule has 2 heterocycles. The van der Waals surface area contributed by atoms with E-state index in [0.29, 0.717) is 18.1 Å². The Morgan fingerprint density at radius 3 is 2.89 bits per heavy atom. The Labute approximate surface area is 111 Å². The van der Waals surface area contributed by atoms with Crippen molar-refractivity contribution in [3.63, 3.8) is 0 Å². The standard InChI is InChI=1S/C13H16N4O2/c1-2-4-14-12-8-15-11(7-16-12)13(18)17-6-10-3-5-19-9-10/h3,5,7-9H,2,4,6H2,1H3,(H,14,16)(H,17,18). The molecule has 0 saturated carbocycles. The van der Waals surface area contributed by atoms with E-state index in [4.69, 9.17) is 4.42 Å². The second-order valence-corrected chi connectivity index (χ2v) is 4.03. The molecule has 19 heavy (non-hydrogen) atoms. The van der Waals surface area contributed by atoms with Crippen molar-refractivity contribution >= 4 is 11.7 Å². The quantitative estimate of drug-likeness (QED) is 0.828. The van der Waals surface area contributed by atoms with Crippen molar-refractivity contribution in [2.24, 2.45) is 0 Å². The van der Waals surface area contributed by atoms with Crippen LogP contribution in [0.15, 0.2) is 35.4 Å². The summed E-state index contributed by atoms with van der Waals surface area (Å²) in [6, 6.07) is 1.80. The summed E-state index contributed by atoms with van der Waals surface area (Å²) in [5.41, 5.74) is 1.20. The van der Waals surface area contributed by atoms with Crippen molar-refractivity contribution in [3.05, 3.63) is 42.2 Å². The van der Waals surface area contributed by atoms with Crippen LogP contribution in [0.5, 0.6) is 0 Å². The first-order valence-corrected chi connectivity index (χ1v) is 6.14. The highest BCUT2D eigenvalue weighted by molar-refractivity contribution is 5.91.